The van der Waals surface area contributed by atoms with Crippen molar-refractivity contribution < 1.29 is 0 Å². The predicted molar refractivity (Wildman–Crippen MR) is 68.0 cm³/mol. The summed E-state index contributed by atoms with van der Waals surface area (Å²) >= 11 is 0. The van der Waals surface area contributed by atoms with E-state index in [4.69, 9.17) is 5.73 Å². The highest BCUT2D eigenvalue weighted by molar-refractivity contribution is 5.51. The first kappa shape index (κ1) is 11.0. The maximum absolute atomic E-state index is 5.64. The van der Waals surface area contributed by atoms with Crippen molar-refractivity contribution in [3.05, 3.63) is 17.6 Å². The summed E-state index contributed by atoms with van der Waals surface area (Å²) in [5.74, 6) is 1.96. The highest BCUT2D eigenvalue weighted by Gasteiger charge is 2.27. The van der Waals surface area contributed by atoms with Crippen molar-refractivity contribution in [2.75, 3.05) is 24.5 Å². The zero-order valence-corrected chi connectivity index (χ0v) is 10.2. The molecular formula is C13H20N4. The fourth-order valence-electron chi connectivity index (χ4n) is 3.11. The van der Waals surface area contributed by atoms with Crippen LogP contribution in [0, 0.1) is 5.92 Å². The van der Waals surface area contributed by atoms with Gasteiger partial charge in [-0.15, -0.1) is 0 Å². The van der Waals surface area contributed by atoms with Gasteiger partial charge in [0.15, 0.2) is 0 Å². The number of aryl methyl sites for hydroxylation is 1. The van der Waals surface area contributed by atoms with Crippen molar-refractivity contribution in [3.63, 3.8) is 0 Å². The summed E-state index contributed by atoms with van der Waals surface area (Å²) < 4.78 is 0. The van der Waals surface area contributed by atoms with E-state index >= 15 is 0 Å². The lowest BCUT2D eigenvalue weighted by atomic mass is 10.1. The Morgan fingerprint density at radius 1 is 1.35 bits per heavy atom. The third-order valence-electron chi connectivity index (χ3n) is 4.01. The normalized spacial score (nSPS) is 23.1. The molecule has 1 aliphatic heterocycles. The Bertz CT molecular complexity index is 404. The number of nitrogens with zero attached hydrogens (tertiary/aromatic N) is 3. The average molecular weight is 232 g/mol. The second kappa shape index (κ2) is 4.61. The first-order valence-corrected chi connectivity index (χ1v) is 6.66. The van der Waals surface area contributed by atoms with Crippen LogP contribution in [-0.2, 0) is 12.8 Å². The van der Waals surface area contributed by atoms with Gasteiger partial charge >= 0.3 is 0 Å². The molecule has 17 heavy (non-hydrogen) atoms. The Hall–Kier alpha value is -1.16. The summed E-state index contributed by atoms with van der Waals surface area (Å²) in [6.07, 6.45) is 7.66. The number of hydrogen-bond acceptors (Lipinski definition) is 4. The molecule has 1 atom stereocenters. The molecule has 1 saturated heterocycles. The molecule has 1 aromatic heterocycles. The molecule has 0 amide bonds. The van der Waals surface area contributed by atoms with Gasteiger partial charge in [-0.05, 0) is 44.6 Å². The van der Waals surface area contributed by atoms with E-state index in [2.05, 4.69) is 14.9 Å². The molecular weight excluding hydrogens is 212 g/mol. The number of rotatable bonds is 3. The number of hydrogen-bond donors (Lipinski definition) is 1. The molecule has 4 heteroatoms. The van der Waals surface area contributed by atoms with E-state index in [1.165, 1.54) is 29.9 Å². The van der Waals surface area contributed by atoms with Gasteiger partial charge in [0.2, 0.25) is 0 Å². The molecule has 4 nitrogen and oxygen atoms in total. The molecule has 0 spiro atoms. The number of aromatic nitrogens is 2. The SMILES string of the molecule is NCCC1CCN(c2ncnc3c2CCC3)C1. The minimum atomic E-state index is 0.756. The molecule has 2 N–H and O–H groups in total. The molecule has 2 aliphatic rings. The average Bonchev–Trinajstić information content (AvgIpc) is 2.96. The molecule has 0 saturated carbocycles. The minimum Gasteiger partial charge on any atom is -0.356 e. The molecule has 0 aromatic carbocycles. The summed E-state index contributed by atoms with van der Waals surface area (Å²) in [7, 11) is 0. The lowest BCUT2D eigenvalue weighted by molar-refractivity contribution is 0.546. The van der Waals surface area contributed by atoms with Crippen molar-refractivity contribution >= 4 is 5.82 Å². The van der Waals surface area contributed by atoms with E-state index in [0.717, 1.165) is 44.8 Å². The molecule has 1 aromatic rings. The molecule has 1 unspecified atom stereocenters. The van der Waals surface area contributed by atoms with E-state index in [1.54, 1.807) is 6.33 Å². The van der Waals surface area contributed by atoms with Gasteiger partial charge < -0.3 is 10.6 Å². The smallest absolute Gasteiger partial charge is 0.135 e. The van der Waals surface area contributed by atoms with Crippen LogP contribution in [0.2, 0.25) is 0 Å². The van der Waals surface area contributed by atoms with Gasteiger partial charge in [-0.2, -0.15) is 0 Å². The van der Waals surface area contributed by atoms with Crippen LogP contribution in [0.15, 0.2) is 6.33 Å². The first-order valence-electron chi connectivity index (χ1n) is 6.66. The lowest BCUT2D eigenvalue weighted by Gasteiger charge is -2.20. The van der Waals surface area contributed by atoms with Crippen LogP contribution in [0.3, 0.4) is 0 Å². The van der Waals surface area contributed by atoms with E-state index in [-0.39, 0.29) is 0 Å². The van der Waals surface area contributed by atoms with E-state index < -0.39 is 0 Å². The molecule has 3 rings (SSSR count). The Labute approximate surface area is 102 Å². The largest absolute Gasteiger partial charge is 0.356 e. The van der Waals surface area contributed by atoms with Crippen LogP contribution in [-0.4, -0.2) is 29.6 Å². The van der Waals surface area contributed by atoms with Crippen molar-refractivity contribution in [3.8, 4) is 0 Å². The topological polar surface area (TPSA) is 55.0 Å². The van der Waals surface area contributed by atoms with Gasteiger partial charge in [0.05, 0.1) is 0 Å². The highest BCUT2D eigenvalue weighted by Crippen LogP contribution is 2.31. The van der Waals surface area contributed by atoms with E-state index in [9.17, 15) is 0 Å². The van der Waals surface area contributed by atoms with Gasteiger partial charge in [-0.3, -0.25) is 0 Å². The van der Waals surface area contributed by atoms with Gasteiger partial charge in [-0.1, -0.05) is 0 Å². The summed E-state index contributed by atoms with van der Waals surface area (Å²) in [6.45, 7) is 3.06. The lowest BCUT2D eigenvalue weighted by Crippen LogP contribution is -2.23. The summed E-state index contributed by atoms with van der Waals surface area (Å²) in [4.78, 5) is 11.3. The van der Waals surface area contributed by atoms with Crippen LogP contribution in [0.25, 0.3) is 0 Å². The zero-order chi connectivity index (χ0) is 11.7. The molecule has 2 heterocycles. The highest BCUT2D eigenvalue weighted by atomic mass is 15.2. The van der Waals surface area contributed by atoms with Crippen LogP contribution < -0.4 is 10.6 Å². The third-order valence-corrected chi connectivity index (χ3v) is 4.01. The Kier molecular flexibility index (Phi) is 2.97. The predicted octanol–water partition coefficient (Wildman–Crippen LogP) is 1.14. The van der Waals surface area contributed by atoms with Gasteiger partial charge in [0.1, 0.15) is 12.1 Å². The zero-order valence-electron chi connectivity index (χ0n) is 10.2. The maximum Gasteiger partial charge on any atom is 0.135 e. The van der Waals surface area contributed by atoms with Crippen LogP contribution in [0.1, 0.15) is 30.5 Å². The Morgan fingerprint density at radius 2 is 2.29 bits per heavy atom. The number of nitrogens with two attached hydrogens (primary N) is 1. The van der Waals surface area contributed by atoms with Gasteiger partial charge in [0, 0.05) is 24.3 Å². The van der Waals surface area contributed by atoms with Crippen molar-refractivity contribution in [1.29, 1.82) is 0 Å². The first-order chi connectivity index (χ1) is 8.38. The quantitative estimate of drug-likeness (QED) is 0.849. The standard InChI is InChI=1S/C13H20N4/c14-6-4-10-5-7-17(8-10)13-11-2-1-3-12(11)15-9-16-13/h9-10H,1-8,14H2. The second-order valence-corrected chi connectivity index (χ2v) is 5.15. The molecule has 92 valence electrons. The fraction of sp³-hybridized carbons (Fsp3) is 0.692. The summed E-state index contributed by atoms with van der Waals surface area (Å²) in [6, 6.07) is 0. The Balaban J connectivity index is 1.79. The van der Waals surface area contributed by atoms with Crippen LogP contribution in [0.4, 0.5) is 5.82 Å². The molecule has 0 bridgehead atoms. The van der Waals surface area contributed by atoms with Gasteiger partial charge in [0.25, 0.3) is 0 Å². The Morgan fingerprint density at radius 3 is 3.18 bits per heavy atom. The third kappa shape index (κ3) is 2.02. The molecule has 1 aliphatic carbocycles. The van der Waals surface area contributed by atoms with Crippen molar-refractivity contribution in [2.45, 2.75) is 32.1 Å². The summed E-state index contributed by atoms with van der Waals surface area (Å²) in [5, 5.41) is 0. The van der Waals surface area contributed by atoms with E-state index in [0.29, 0.717) is 0 Å². The molecule has 0 radical (unpaired) electrons. The monoisotopic (exact) mass is 232 g/mol. The number of anilines is 1. The summed E-state index contributed by atoms with van der Waals surface area (Å²) in [5.41, 5.74) is 8.32. The molecule has 1 fully saturated rings. The van der Waals surface area contributed by atoms with Gasteiger partial charge in [-0.25, -0.2) is 9.97 Å². The van der Waals surface area contributed by atoms with Crippen molar-refractivity contribution in [1.82, 2.24) is 9.97 Å². The second-order valence-electron chi connectivity index (χ2n) is 5.15. The fourth-order valence-corrected chi connectivity index (χ4v) is 3.11. The van der Waals surface area contributed by atoms with E-state index in [1.807, 2.05) is 0 Å². The van der Waals surface area contributed by atoms with Crippen molar-refractivity contribution in [2.24, 2.45) is 11.7 Å². The maximum atomic E-state index is 5.64. The number of fused-ring (bicyclic) bond motifs is 1. The van der Waals surface area contributed by atoms with Crippen LogP contribution in [0.5, 0.6) is 0 Å². The van der Waals surface area contributed by atoms with Crippen LogP contribution >= 0.6 is 0 Å². The minimum absolute atomic E-state index is 0.756.